The van der Waals surface area contributed by atoms with Crippen molar-refractivity contribution >= 4 is 51.8 Å². The van der Waals surface area contributed by atoms with Gasteiger partial charge in [0.2, 0.25) is 0 Å². The molecule has 24 nitrogen and oxygen atoms in total. The number of fused-ring (bicyclic) bond motifs is 20. The Morgan fingerprint density at radius 3 is 0.385 bits per heavy atom. The van der Waals surface area contributed by atoms with Gasteiger partial charge in [-0.2, -0.15) is 0 Å². The van der Waals surface area contributed by atoms with Gasteiger partial charge in [-0.1, -0.05) is 51.4 Å². The van der Waals surface area contributed by atoms with Crippen molar-refractivity contribution in [2.24, 2.45) is 47.3 Å². The predicted octanol–water partition coefficient (Wildman–Crippen LogP) is 0.210. The van der Waals surface area contributed by atoms with Gasteiger partial charge in [0.15, 0.2) is 0 Å². The van der Waals surface area contributed by atoms with E-state index < -0.39 is 0 Å². The van der Waals surface area contributed by atoms with Crippen molar-refractivity contribution in [2.75, 3.05) is 0 Å². The summed E-state index contributed by atoms with van der Waals surface area (Å²) in [5.41, 5.74) is 0. The molecule has 9 rings (SSSR count). The largest absolute Gasteiger partial charge is 0.483 e. The Kier molecular flexibility index (Phi) is 33.9. The SMILES string of the molecule is C1CCC2C3NC(NC4NC(NC5NC(NC6NC(N3)C3CCCCC63)C3CCCCC53)C3CCCCC43)C2C1.O=CO.O=CO.O=CO.O=CO.O=CO.O=CO.O=CO.O=CO.[Fe]. The van der Waals surface area contributed by atoms with Gasteiger partial charge in [-0.3, -0.25) is 80.9 Å². The van der Waals surface area contributed by atoms with Crippen LogP contribution in [0.15, 0.2) is 0 Å². The Morgan fingerprint density at radius 2 is 0.308 bits per heavy atom. The zero-order valence-corrected chi connectivity index (χ0v) is 37.5. The number of carbonyl (C=O) groups is 8. The first-order valence-corrected chi connectivity index (χ1v) is 21.8. The van der Waals surface area contributed by atoms with Gasteiger partial charge in [-0.05, 0) is 98.7 Å². The molecule has 0 amide bonds. The summed E-state index contributed by atoms with van der Waals surface area (Å²) in [6.45, 7) is -2.00. The minimum Gasteiger partial charge on any atom is -0.483 e. The third-order valence-electron chi connectivity index (χ3n) is 13.8. The predicted molar refractivity (Wildman–Crippen MR) is 227 cm³/mol. The third kappa shape index (κ3) is 18.6. The van der Waals surface area contributed by atoms with E-state index in [0.29, 0.717) is 49.3 Å². The molecule has 9 aliphatic rings. The van der Waals surface area contributed by atoms with Crippen molar-refractivity contribution in [2.45, 2.75) is 152 Å². The quantitative estimate of drug-likeness (QED) is 0.114. The van der Waals surface area contributed by atoms with Crippen LogP contribution < -0.4 is 42.5 Å². The van der Waals surface area contributed by atoms with Crippen LogP contribution in [0.1, 0.15) is 103 Å². The summed E-state index contributed by atoms with van der Waals surface area (Å²) in [5, 5.41) is 88.9. The van der Waals surface area contributed by atoms with Crippen molar-refractivity contribution in [1.29, 1.82) is 0 Å². The van der Waals surface area contributed by atoms with Crippen molar-refractivity contribution in [3.05, 3.63) is 0 Å². The summed E-state index contributed by atoms with van der Waals surface area (Å²) in [7, 11) is 0. The summed E-state index contributed by atoms with van der Waals surface area (Å²) in [5.74, 6) is 5.97. The first kappa shape index (κ1) is 61.0. The topological polar surface area (TPSA) is 395 Å². The van der Waals surface area contributed by atoms with Crippen LogP contribution in [0.3, 0.4) is 0 Å². The summed E-state index contributed by atoms with van der Waals surface area (Å²) in [4.78, 5) is 66.9. The molecule has 0 aromatic rings. The van der Waals surface area contributed by atoms with E-state index in [-0.39, 0.29) is 68.8 Å². The molecule has 8 unspecified atom stereocenters. The van der Waals surface area contributed by atoms with Crippen LogP contribution >= 0.6 is 0 Å². The maximum Gasteiger partial charge on any atom is 0.290 e. The fourth-order valence-electron chi connectivity index (χ4n) is 12.0. The summed E-state index contributed by atoms with van der Waals surface area (Å²) < 4.78 is 0. The van der Waals surface area contributed by atoms with Gasteiger partial charge < -0.3 is 40.9 Å². The van der Waals surface area contributed by atoms with E-state index >= 15 is 0 Å². The van der Waals surface area contributed by atoms with Gasteiger partial charge in [0, 0.05) is 17.1 Å². The molecule has 8 bridgehead atoms. The number of rotatable bonds is 0. The normalized spacial score (nSPS) is 36.9. The van der Waals surface area contributed by atoms with E-state index in [0.717, 1.165) is 47.3 Å². The second-order valence-electron chi connectivity index (χ2n) is 16.4. The van der Waals surface area contributed by atoms with Crippen LogP contribution in [0.4, 0.5) is 0 Å². The second-order valence-corrected chi connectivity index (χ2v) is 16.4. The van der Waals surface area contributed by atoms with Gasteiger partial charge in [0.25, 0.3) is 51.8 Å². The Bertz CT molecular complexity index is 1060. The zero-order chi connectivity index (χ0) is 47.9. The molecule has 8 atom stereocenters. The fourth-order valence-corrected chi connectivity index (χ4v) is 12.0. The molecule has 25 heteroatoms. The Hall–Kier alpha value is -4.04. The number of hydrogen-bond donors (Lipinski definition) is 16. The van der Waals surface area contributed by atoms with Crippen LogP contribution in [0, 0.1) is 47.3 Å². The average Bonchev–Trinajstić information content (AvgIpc) is 4.02. The number of carboxylic acid groups (broad SMARTS) is 8. The van der Waals surface area contributed by atoms with E-state index in [4.69, 9.17) is 79.2 Å². The Balaban J connectivity index is 0.00000139. The van der Waals surface area contributed by atoms with E-state index in [9.17, 15) is 0 Å². The molecule has 5 aliphatic heterocycles. The third-order valence-corrected chi connectivity index (χ3v) is 13.8. The molecule has 16 N–H and O–H groups in total. The molecule has 0 aromatic carbocycles. The van der Waals surface area contributed by atoms with E-state index in [1.54, 1.807) is 0 Å². The van der Waals surface area contributed by atoms with Crippen molar-refractivity contribution in [3.63, 3.8) is 0 Å². The fraction of sp³-hybridized carbons (Fsp3) is 0.800. The molecule has 4 saturated carbocycles. The maximum atomic E-state index is 8.36. The minimum atomic E-state index is -0.250. The van der Waals surface area contributed by atoms with Crippen molar-refractivity contribution in [3.8, 4) is 0 Å². The van der Waals surface area contributed by atoms with Crippen LogP contribution in [0.2, 0.25) is 0 Å². The molecule has 4 aliphatic carbocycles. The summed E-state index contributed by atoms with van der Waals surface area (Å²) >= 11 is 0. The molecule has 65 heavy (non-hydrogen) atoms. The van der Waals surface area contributed by atoms with E-state index in [2.05, 4.69) is 42.5 Å². The van der Waals surface area contributed by atoms with Crippen molar-refractivity contribution in [1.82, 2.24) is 42.5 Å². The van der Waals surface area contributed by atoms with Crippen molar-refractivity contribution < 1.29 is 96.3 Å². The van der Waals surface area contributed by atoms with Gasteiger partial charge in [0.1, 0.15) is 0 Å². The van der Waals surface area contributed by atoms with Crippen LogP contribution in [0.5, 0.6) is 0 Å². The standard InChI is InChI=1S/C32H56N8.8CH2O2.Fe/c1-2-10-18-17(9-1)25-33-26(18)38-28-21-13-5-6-14-22(21)30(35-28)40-32-24-16-8-7-15-23(24)31(36-32)39-29-20-12-4-3-11-19(20)27(34-29)37-25;8*2-1-3;/h17-40H,1-16H2;8*1H,(H,2,3);. The molecular formula is C40H72FeN8O16. The molecule has 9 fully saturated rings. The molecule has 0 aromatic heterocycles. The maximum absolute atomic E-state index is 8.36. The summed E-state index contributed by atoms with van der Waals surface area (Å²) in [6.07, 6.45) is 25.6. The smallest absolute Gasteiger partial charge is 0.290 e. The molecule has 376 valence electrons. The monoisotopic (exact) mass is 976 g/mol. The molecule has 0 spiro atoms. The first-order valence-electron chi connectivity index (χ1n) is 21.8. The molecule has 0 radical (unpaired) electrons. The average molecular weight is 977 g/mol. The minimum absolute atomic E-state index is 0. The molecule has 5 saturated heterocycles. The molecular weight excluding hydrogens is 904 g/mol. The molecule has 5 heterocycles. The number of hydrogen-bond acceptors (Lipinski definition) is 16. The van der Waals surface area contributed by atoms with E-state index in [1.165, 1.54) is 103 Å². The Morgan fingerprint density at radius 1 is 0.231 bits per heavy atom. The van der Waals surface area contributed by atoms with Gasteiger partial charge in [-0.15, -0.1) is 0 Å². The second kappa shape index (κ2) is 36.1. The van der Waals surface area contributed by atoms with Gasteiger partial charge >= 0.3 is 0 Å². The van der Waals surface area contributed by atoms with E-state index in [1.807, 2.05) is 0 Å². The van der Waals surface area contributed by atoms with Gasteiger partial charge in [0.05, 0.1) is 49.3 Å². The Labute approximate surface area is 389 Å². The summed E-state index contributed by atoms with van der Waals surface area (Å²) in [6, 6.07) is 0. The van der Waals surface area contributed by atoms with Crippen LogP contribution in [0.25, 0.3) is 0 Å². The first-order chi connectivity index (χ1) is 31.1. The number of nitrogens with one attached hydrogen (secondary N) is 8. The zero-order valence-electron chi connectivity index (χ0n) is 36.4. The van der Waals surface area contributed by atoms with Crippen LogP contribution in [-0.4, -0.2) is 142 Å². The van der Waals surface area contributed by atoms with Crippen LogP contribution in [-0.2, 0) is 55.4 Å². The van der Waals surface area contributed by atoms with Gasteiger partial charge in [-0.25, -0.2) is 0 Å².